The van der Waals surface area contributed by atoms with Crippen LogP contribution in [0.2, 0.25) is 0 Å². The van der Waals surface area contributed by atoms with E-state index in [1.165, 1.54) is 11.2 Å². The minimum absolute atomic E-state index is 0.365. The molecular weight excluding hydrogens is 386 g/mol. The van der Waals surface area contributed by atoms with Crippen LogP contribution in [0.3, 0.4) is 0 Å². The van der Waals surface area contributed by atoms with E-state index < -0.39 is 12.5 Å². The zero-order valence-corrected chi connectivity index (χ0v) is 15.7. The van der Waals surface area contributed by atoms with Crippen molar-refractivity contribution in [3.8, 4) is 5.75 Å². The van der Waals surface area contributed by atoms with Gasteiger partial charge in [-0.05, 0) is 42.0 Å². The Morgan fingerprint density at radius 1 is 0.800 bits per heavy atom. The smallest absolute Gasteiger partial charge is 0.304 e. The van der Waals surface area contributed by atoms with Crippen molar-refractivity contribution in [3.05, 3.63) is 100 Å². The zero-order valence-electron chi connectivity index (χ0n) is 15.7. The normalized spacial score (nSPS) is 10.4. The highest BCUT2D eigenvalue weighted by molar-refractivity contribution is 5.82. The molecule has 0 spiro atoms. The van der Waals surface area contributed by atoms with Gasteiger partial charge in [0.1, 0.15) is 5.75 Å². The Hall–Kier alpha value is -4.40. The van der Waals surface area contributed by atoms with Crippen LogP contribution in [0.4, 0.5) is 11.4 Å². The van der Waals surface area contributed by atoms with Crippen LogP contribution in [0, 0.1) is 9.81 Å². The number of hydrogen-bond donors (Lipinski definition) is 0. The highest BCUT2D eigenvalue weighted by Crippen LogP contribution is 2.27. The Balaban J connectivity index is 1.60. The third kappa shape index (κ3) is 5.32. The molecule has 30 heavy (non-hydrogen) atoms. The monoisotopic (exact) mass is 403 g/mol. The molecule has 0 heterocycles. The van der Waals surface area contributed by atoms with E-state index in [9.17, 15) is 14.6 Å². The lowest BCUT2D eigenvalue weighted by Gasteiger charge is -2.15. The predicted molar refractivity (Wildman–Crippen MR) is 113 cm³/mol. The Morgan fingerprint density at radius 2 is 1.40 bits per heavy atom. The van der Waals surface area contributed by atoms with Gasteiger partial charge in [-0.15, -0.1) is 9.81 Å². The second-order valence-electron chi connectivity index (χ2n) is 5.93. The maximum Gasteiger partial charge on any atom is 0.304 e. The summed E-state index contributed by atoms with van der Waals surface area (Å²) in [5, 5.41) is 11.0. The summed E-state index contributed by atoms with van der Waals surface area (Å²) in [5.41, 5.74) is 1.85. The van der Waals surface area contributed by atoms with E-state index in [-0.39, 0.29) is 0 Å². The summed E-state index contributed by atoms with van der Waals surface area (Å²) in [6.45, 7) is -0.439. The molecule has 0 radical (unpaired) electrons. The summed E-state index contributed by atoms with van der Waals surface area (Å²) in [7, 11) is 0. The quantitative estimate of drug-likeness (QED) is 0.299. The standard InChI is InChI=1S/C21H17N5O4/c27-21(26(24-29)22-15-17-7-3-1-4-8-17)16-30-20-13-11-19(12-14-20)25(23-28)18-9-5-2-6-10-18/h1-15H,16H2/b22-15+. The van der Waals surface area contributed by atoms with Crippen LogP contribution in [-0.2, 0) is 4.79 Å². The van der Waals surface area contributed by atoms with Gasteiger partial charge in [0.15, 0.2) is 6.61 Å². The van der Waals surface area contributed by atoms with Crippen LogP contribution in [0.15, 0.2) is 101 Å². The third-order valence-electron chi connectivity index (χ3n) is 3.94. The van der Waals surface area contributed by atoms with Crippen LogP contribution in [0.5, 0.6) is 5.75 Å². The van der Waals surface area contributed by atoms with E-state index in [2.05, 4.69) is 15.7 Å². The van der Waals surface area contributed by atoms with Crippen molar-refractivity contribution in [1.82, 2.24) is 5.12 Å². The molecule has 0 aromatic heterocycles. The topological polar surface area (TPSA) is 104 Å². The molecule has 3 rings (SSSR count). The summed E-state index contributed by atoms with van der Waals surface area (Å²) in [6.07, 6.45) is 1.35. The molecule has 0 unspecified atom stereocenters. The molecule has 0 saturated heterocycles. The van der Waals surface area contributed by atoms with Crippen molar-refractivity contribution in [3.63, 3.8) is 0 Å². The number of benzene rings is 3. The maximum absolute atomic E-state index is 12.1. The molecule has 0 aliphatic heterocycles. The Bertz CT molecular complexity index is 1010. The van der Waals surface area contributed by atoms with Crippen LogP contribution >= 0.6 is 0 Å². The number of hydrazone groups is 1. The fourth-order valence-electron chi connectivity index (χ4n) is 2.49. The number of nitroso groups, excluding NO2 is 2. The molecule has 9 nitrogen and oxygen atoms in total. The van der Waals surface area contributed by atoms with E-state index >= 15 is 0 Å². The van der Waals surface area contributed by atoms with Gasteiger partial charge >= 0.3 is 5.91 Å². The van der Waals surface area contributed by atoms with Crippen molar-refractivity contribution >= 4 is 23.5 Å². The first kappa shape index (κ1) is 20.3. The molecule has 0 bridgehead atoms. The average Bonchev–Trinajstić information content (AvgIpc) is 2.81. The van der Waals surface area contributed by atoms with E-state index in [0.717, 1.165) is 0 Å². The maximum atomic E-state index is 12.1. The first-order valence-corrected chi connectivity index (χ1v) is 8.88. The fourth-order valence-corrected chi connectivity index (χ4v) is 2.49. The van der Waals surface area contributed by atoms with Crippen LogP contribution in [-0.4, -0.2) is 23.8 Å². The molecule has 0 atom stereocenters. The average molecular weight is 403 g/mol. The predicted octanol–water partition coefficient (Wildman–Crippen LogP) is 4.43. The van der Waals surface area contributed by atoms with Gasteiger partial charge in [0.05, 0.1) is 28.2 Å². The lowest BCUT2D eigenvalue weighted by Crippen LogP contribution is -2.26. The van der Waals surface area contributed by atoms with Gasteiger partial charge in [-0.2, -0.15) is 10.1 Å². The van der Waals surface area contributed by atoms with Crippen molar-refractivity contribution < 1.29 is 9.53 Å². The fraction of sp³-hybridized carbons (Fsp3) is 0.0476. The zero-order chi connectivity index (χ0) is 21.2. The number of rotatable bonds is 9. The van der Waals surface area contributed by atoms with Gasteiger partial charge in [0.25, 0.3) is 0 Å². The number of anilines is 2. The Labute approximate surface area is 172 Å². The van der Waals surface area contributed by atoms with Gasteiger partial charge in [-0.3, -0.25) is 4.79 Å². The largest absolute Gasteiger partial charge is 0.484 e. The van der Waals surface area contributed by atoms with Gasteiger partial charge in [0, 0.05) is 0 Å². The lowest BCUT2D eigenvalue weighted by molar-refractivity contribution is -0.133. The highest BCUT2D eigenvalue weighted by Gasteiger charge is 2.14. The molecule has 1 amide bonds. The molecule has 3 aromatic rings. The minimum Gasteiger partial charge on any atom is -0.484 e. The Morgan fingerprint density at radius 3 is 2.00 bits per heavy atom. The summed E-state index contributed by atoms with van der Waals surface area (Å²) >= 11 is 0. The first-order valence-electron chi connectivity index (χ1n) is 8.88. The van der Waals surface area contributed by atoms with Crippen molar-refractivity contribution in [2.75, 3.05) is 11.6 Å². The number of carbonyl (C=O) groups excluding carboxylic acids is 1. The van der Waals surface area contributed by atoms with E-state index in [4.69, 9.17) is 4.74 Å². The van der Waals surface area contributed by atoms with Crippen molar-refractivity contribution in [1.29, 1.82) is 0 Å². The van der Waals surface area contributed by atoms with Crippen LogP contribution in [0.25, 0.3) is 0 Å². The van der Waals surface area contributed by atoms with Crippen LogP contribution < -0.4 is 9.75 Å². The number of carbonyl (C=O) groups is 1. The van der Waals surface area contributed by atoms with E-state index in [0.29, 0.717) is 27.8 Å². The molecule has 0 saturated carbocycles. The molecule has 9 heteroatoms. The number of para-hydroxylation sites is 1. The van der Waals surface area contributed by atoms with Crippen LogP contribution in [0.1, 0.15) is 5.56 Å². The highest BCUT2D eigenvalue weighted by atomic mass is 16.5. The number of hydrogen-bond acceptors (Lipinski definition) is 7. The lowest BCUT2D eigenvalue weighted by atomic mass is 10.2. The number of ether oxygens (including phenoxy) is 1. The summed E-state index contributed by atoms with van der Waals surface area (Å²) in [5.74, 6) is -0.370. The van der Waals surface area contributed by atoms with E-state index in [1.807, 2.05) is 12.1 Å². The van der Waals surface area contributed by atoms with Crippen molar-refractivity contribution in [2.45, 2.75) is 0 Å². The van der Waals surface area contributed by atoms with Gasteiger partial charge in [-0.1, -0.05) is 53.6 Å². The number of amides is 1. The molecule has 150 valence electrons. The van der Waals surface area contributed by atoms with E-state index in [1.54, 1.807) is 72.8 Å². The second kappa shape index (κ2) is 10.2. The Kier molecular flexibility index (Phi) is 6.93. The third-order valence-corrected chi connectivity index (χ3v) is 3.94. The molecule has 0 fully saturated rings. The minimum atomic E-state index is -0.735. The summed E-state index contributed by atoms with van der Waals surface area (Å²) in [6, 6.07) is 24.3. The van der Waals surface area contributed by atoms with Gasteiger partial charge < -0.3 is 4.74 Å². The SMILES string of the molecule is O=NN(/N=C/c1ccccc1)C(=O)COc1ccc(N(N=O)c2ccccc2)cc1. The van der Waals surface area contributed by atoms with Crippen molar-refractivity contribution in [2.24, 2.45) is 15.7 Å². The summed E-state index contributed by atoms with van der Waals surface area (Å²) in [4.78, 5) is 34.2. The summed E-state index contributed by atoms with van der Waals surface area (Å²) < 4.78 is 5.39. The molecule has 3 aromatic carbocycles. The first-order chi connectivity index (χ1) is 14.7. The van der Waals surface area contributed by atoms with Gasteiger partial charge in [-0.25, -0.2) is 0 Å². The molecular formula is C21H17N5O4. The molecule has 0 N–H and O–H groups in total. The molecule has 0 aliphatic rings. The molecule has 0 aliphatic carbocycles. The van der Waals surface area contributed by atoms with Gasteiger partial charge in [0.2, 0.25) is 0 Å². The second-order valence-corrected chi connectivity index (χ2v) is 5.93. The number of nitrogens with zero attached hydrogens (tertiary/aromatic N) is 5.